The topological polar surface area (TPSA) is 37.8 Å². The van der Waals surface area contributed by atoms with Gasteiger partial charge in [-0.25, -0.2) is 0 Å². The fourth-order valence-corrected chi connectivity index (χ4v) is 3.38. The lowest BCUT2D eigenvalue weighted by molar-refractivity contribution is -0.137. The highest BCUT2D eigenvalue weighted by Crippen LogP contribution is 2.33. The minimum Gasteiger partial charge on any atom is -0.355 e. The van der Waals surface area contributed by atoms with E-state index in [9.17, 15) is 13.2 Å². The van der Waals surface area contributed by atoms with Gasteiger partial charge in [-0.3, -0.25) is 9.97 Å². The van der Waals surface area contributed by atoms with Crippen LogP contribution in [-0.4, -0.2) is 9.97 Å². The van der Waals surface area contributed by atoms with Crippen LogP contribution < -0.4 is 5.32 Å². The summed E-state index contributed by atoms with van der Waals surface area (Å²) in [7, 11) is 0. The average Bonchev–Trinajstić information content (AvgIpc) is 2.67. The first kappa shape index (κ1) is 19.2. The number of aryl methyl sites for hydroxylation is 1. The third-order valence-electron chi connectivity index (χ3n) is 4.49. The van der Waals surface area contributed by atoms with Crippen molar-refractivity contribution in [1.29, 1.82) is 0 Å². The minimum absolute atomic E-state index is 0.554. The van der Waals surface area contributed by atoms with Gasteiger partial charge in [-0.05, 0) is 55.0 Å². The van der Waals surface area contributed by atoms with Gasteiger partial charge in [0.2, 0.25) is 0 Å². The minimum atomic E-state index is -4.36. The number of hydrogen-bond donors (Lipinski definition) is 1. The van der Waals surface area contributed by atoms with Gasteiger partial charge >= 0.3 is 6.18 Å². The number of rotatable bonds is 3. The molecule has 2 aromatic carbocycles. The number of aromatic nitrogens is 2. The number of hydrogen-bond acceptors (Lipinski definition) is 3. The van der Waals surface area contributed by atoms with Crippen LogP contribution in [0.4, 0.5) is 24.5 Å². The second-order valence-corrected chi connectivity index (χ2v) is 7.04. The Morgan fingerprint density at radius 3 is 2.38 bits per heavy atom. The molecule has 7 heteroatoms. The van der Waals surface area contributed by atoms with Gasteiger partial charge in [0.1, 0.15) is 0 Å². The molecule has 0 aliphatic heterocycles. The van der Waals surface area contributed by atoms with Gasteiger partial charge < -0.3 is 5.32 Å². The van der Waals surface area contributed by atoms with Crippen molar-refractivity contribution in [1.82, 2.24) is 9.97 Å². The Hall–Kier alpha value is -3.12. The second kappa shape index (κ2) is 7.37. The Bertz CT molecular complexity index is 1190. The number of anilines is 2. The Kier molecular flexibility index (Phi) is 4.88. The quantitative estimate of drug-likeness (QED) is 0.392. The number of halogens is 4. The lowest BCUT2D eigenvalue weighted by Gasteiger charge is -2.12. The molecule has 4 aromatic rings. The van der Waals surface area contributed by atoms with E-state index in [4.69, 9.17) is 11.6 Å². The Labute approximate surface area is 170 Å². The van der Waals surface area contributed by atoms with Gasteiger partial charge in [-0.2, -0.15) is 13.2 Å². The first-order chi connectivity index (χ1) is 13.8. The van der Waals surface area contributed by atoms with Crippen LogP contribution in [0.5, 0.6) is 0 Å². The number of nitrogens with zero attached hydrogens (tertiary/aromatic N) is 2. The summed E-state index contributed by atoms with van der Waals surface area (Å²) in [5, 5.41) is 4.55. The number of benzene rings is 2. The molecule has 0 spiro atoms. The van der Waals surface area contributed by atoms with E-state index in [1.54, 1.807) is 18.5 Å². The molecule has 2 heterocycles. The van der Waals surface area contributed by atoms with E-state index in [-0.39, 0.29) is 0 Å². The highest BCUT2D eigenvalue weighted by molar-refractivity contribution is 6.33. The van der Waals surface area contributed by atoms with Gasteiger partial charge in [0.05, 0.1) is 21.8 Å². The molecular weight excluding hydrogens is 399 g/mol. The lowest BCUT2D eigenvalue weighted by Crippen LogP contribution is -2.04. The zero-order valence-electron chi connectivity index (χ0n) is 15.3. The normalized spacial score (nSPS) is 11.6. The first-order valence-electron chi connectivity index (χ1n) is 8.77. The maximum absolute atomic E-state index is 12.7. The molecule has 0 fully saturated rings. The fraction of sp³-hybridized carbons (Fsp3) is 0.0909. The van der Waals surface area contributed by atoms with E-state index < -0.39 is 11.7 Å². The van der Waals surface area contributed by atoms with Crippen molar-refractivity contribution in [2.45, 2.75) is 13.1 Å². The van der Waals surface area contributed by atoms with Crippen LogP contribution in [-0.2, 0) is 6.18 Å². The molecular formula is C22H15ClF3N3. The number of nitrogens with one attached hydrogen (secondary N) is 1. The van der Waals surface area contributed by atoms with Gasteiger partial charge in [0.25, 0.3) is 0 Å². The molecule has 2 aromatic heterocycles. The molecule has 0 aliphatic rings. The molecule has 0 saturated carbocycles. The predicted molar refractivity (Wildman–Crippen MR) is 109 cm³/mol. The lowest BCUT2D eigenvalue weighted by atomic mass is 10.1. The van der Waals surface area contributed by atoms with Crippen molar-refractivity contribution in [3.05, 3.63) is 83.1 Å². The monoisotopic (exact) mass is 413 g/mol. The van der Waals surface area contributed by atoms with Crippen LogP contribution in [0.25, 0.3) is 22.2 Å². The van der Waals surface area contributed by atoms with E-state index in [2.05, 4.69) is 15.3 Å². The highest BCUT2D eigenvalue weighted by atomic mass is 35.5. The number of fused-ring (bicyclic) bond motifs is 1. The molecule has 0 atom stereocenters. The first-order valence-corrected chi connectivity index (χ1v) is 9.14. The summed E-state index contributed by atoms with van der Waals surface area (Å²) in [6.45, 7) is 1.92. The van der Waals surface area contributed by atoms with Crippen LogP contribution in [0.3, 0.4) is 0 Å². The predicted octanol–water partition coefficient (Wildman–Crippen LogP) is 7.02. The second-order valence-electron chi connectivity index (χ2n) is 6.63. The van der Waals surface area contributed by atoms with Crippen molar-refractivity contribution in [3.63, 3.8) is 0 Å². The molecule has 146 valence electrons. The molecule has 1 N–H and O–H groups in total. The summed E-state index contributed by atoms with van der Waals surface area (Å²) in [5.41, 5.74) is 3.80. The standard InChI is InChI=1S/C22H15ClF3N3/c1-13-10-18(23)21(28-12-13)14-2-7-17-19(8-9-27-20(17)11-14)29-16-5-3-15(4-6-16)22(24,25)26/h2-12H,1H3,(H,27,29). The highest BCUT2D eigenvalue weighted by Gasteiger charge is 2.29. The largest absolute Gasteiger partial charge is 0.416 e. The van der Waals surface area contributed by atoms with E-state index in [1.165, 1.54) is 12.1 Å². The zero-order chi connectivity index (χ0) is 20.6. The summed E-state index contributed by atoms with van der Waals surface area (Å²) in [6, 6.07) is 14.2. The Morgan fingerprint density at radius 2 is 1.69 bits per heavy atom. The van der Waals surface area contributed by atoms with E-state index in [0.29, 0.717) is 16.4 Å². The molecule has 0 unspecified atom stereocenters. The Morgan fingerprint density at radius 1 is 0.931 bits per heavy atom. The maximum atomic E-state index is 12.7. The van der Waals surface area contributed by atoms with E-state index in [1.807, 2.05) is 31.2 Å². The third-order valence-corrected chi connectivity index (χ3v) is 4.77. The molecule has 0 radical (unpaired) electrons. The fourth-order valence-electron chi connectivity index (χ4n) is 3.05. The van der Waals surface area contributed by atoms with Crippen molar-refractivity contribution >= 4 is 33.9 Å². The number of pyridine rings is 2. The summed E-state index contributed by atoms with van der Waals surface area (Å²) >= 11 is 6.32. The van der Waals surface area contributed by atoms with Crippen LogP contribution in [0.2, 0.25) is 5.02 Å². The molecule has 0 saturated heterocycles. The van der Waals surface area contributed by atoms with Crippen molar-refractivity contribution in [2.24, 2.45) is 0 Å². The summed E-state index contributed by atoms with van der Waals surface area (Å²) < 4.78 is 38.2. The van der Waals surface area contributed by atoms with E-state index in [0.717, 1.165) is 39.8 Å². The average molecular weight is 414 g/mol. The zero-order valence-corrected chi connectivity index (χ0v) is 16.0. The SMILES string of the molecule is Cc1cnc(-c2ccc3c(Nc4ccc(C(F)(F)F)cc4)ccnc3c2)c(Cl)c1. The molecule has 0 aliphatic carbocycles. The Balaban J connectivity index is 1.68. The van der Waals surface area contributed by atoms with E-state index >= 15 is 0 Å². The number of alkyl halides is 3. The molecule has 0 amide bonds. The van der Waals surface area contributed by atoms with Gasteiger partial charge in [-0.15, -0.1) is 0 Å². The van der Waals surface area contributed by atoms with Gasteiger partial charge in [0, 0.05) is 34.7 Å². The molecule has 3 nitrogen and oxygen atoms in total. The van der Waals surface area contributed by atoms with Gasteiger partial charge in [0.15, 0.2) is 0 Å². The molecule has 4 rings (SSSR count). The molecule has 29 heavy (non-hydrogen) atoms. The van der Waals surface area contributed by atoms with Crippen molar-refractivity contribution in [3.8, 4) is 11.3 Å². The van der Waals surface area contributed by atoms with Gasteiger partial charge in [-0.1, -0.05) is 23.7 Å². The third kappa shape index (κ3) is 4.03. The molecule has 0 bridgehead atoms. The van der Waals surface area contributed by atoms with Crippen LogP contribution in [0.15, 0.2) is 67.0 Å². The van der Waals surface area contributed by atoms with Crippen LogP contribution in [0, 0.1) is 6.92 Å². The summed E-state index contributed by atoms with van der Waals surface area (Å²) in [4.78, 5) is 8.81. The van der Waals surface area contributed by atoms with Crippen LogP contribution >= 0.6 is 11.6 Å². The maximum Gasteiger partial charge on any atom is 0.416 e. The summed E-state index contributed by atoms with van der Waals surface area (Å²) in [5.74, 6) is 0. The summed E-state index contributed by atoms with van der Waals surface area (Å²) in [6.07, 6.45) is -0.965. The van der Waals surface area contributed by atoms with Crippen molar-refractivity contribution < 1.29 is 13.2 Å². The van der Waals surface area contributed by atoms with Crippen molar-refractivity contribution in [2.75, 3.05) is 5.32 Å². The van der Waals surface area contributed by atoms with Crippen LogP contribution in [0.1, 0.15) is 11.1 Å². The smallest absolute Gasteiger partial charge is 0.355 e.